The Morgan fingerprint density at radius 1 is 1.06 bits per heavy atom. The van der Waals surface area contributed by atoms with Crippen LogP contribution in [-0.4, -0.2) is 28.6 Å². The van der Waals surface area contributed by atoms with Gasteiger partial charge in [0.05, 0.1) is 21.7 Å². The predicted molar refractivity (Wildman–Crippen MR) is 126 cm³/mol. The topological polar surface area (TPSA) is 96.0 Å². The molecular formula is C24H21N3O5S. The summed E-state index contributed by atoms with van der Waals surface area (Å²) in [6, 6.07) is 20.7. The molecule has 0 saturated heterocycles. The first-order chi connectivity index (χ1) is 16.0. The highest BCUT2D eigenvalue weighted by molar-refractivity contribution is 7.16. The van der Waals surface area contributed by atoms with E-state index in [9.17, 15) is 14.9 Å². The molecule has 168 valence electrons. The number of amides is 1. The molecule has 0 radical (unpaired) electrons. The van der Waals surface area contributed by atoms with Gasteiger partial charge in [-0.25, -0.2) is 0 Å². The molecule has 3 aromatic carbocycles. The average Bonchev–Trinajstić information content (AvgIpc) is 3.16. The van der Waals surface area contributed by atoms with Crippen LogP contribution in [0.2, 0.25) is 0 Å². The molecule has 1 aromatic heterocycles. The lowest BCUT2D eigenvalue weighted by atomic mass is 10.2. The van der Waals surface area contributed by atoms with Crippen molar-refractivity contribution < 1.29 is 19.2 Å². The van der Waals surface area contributed by atoms with Gasteiger partial charge < -0.3 is 14.0 Å². The normalized spacial score (nSPS) is 11.6. The highest BCUT2D eigenvalue weighted by Crippen LogP contribution is 2.24. The zero-order valence-corrected chi connectivity index (χ0v) is 18.7. The second-order valence-electron chi connectivity index (χ2n) is 7.00. The van der Waals surface area contributed by atoms with Crippen LogP contribution in [0.1, 0.15) is 17.3 Å². The quantitative estimate of drug-likeness (QED) is 0.204. The van der Waals surface area contributed by atoms with Crippen LogP contribution in [0.5, 0.6) is 11.5 Å². The SMILES string of the molecule is CCOCCn1c(=NC(=O)c2ccc(Oc3ccccc3)cc2)sc2cc([N+](=O)[O-])ccc21. The van der Waals surface area contributed by atoms with Crippen molar-refractivity contribution >= 4 is 33.1 Å². The van der Waals surface area contributed by atoms with Crippen molar-refractivity contribution in [2.45, 2.75) is 13.5 Å². The van der Waals surface area contributed by atoms with E-state index >= 15 is 0 Å². The summed E-state index contributed by atoms with van der Waals surface area (Å²) in [4.78, 5) is 28.3. The van der Waals surface area contributed by atoms with E-state index in [0.717, 1.165) is 5.52 Å². The average molecular weight is 464 g/mol. The molecule has 8 nitrogen and oxygen atoms in total. The molecule has 1 amide bonds. The van der Waals surface area contributed by atoms with Gasteiger partial charge in [0.15, 0.2) is 4.80 Å². The van der Waals surface area contributed by atoms with E-state index in [-0.39, 0.29) is 5.69 Å². The Balaban J connectivity index is 1.64. The minimum Gasteiger partial charge on any atom is -0.457 e. The van der Waals surface area contributed by atoms with E-state index in [1.165, 1.54) is 23.5 Å². The molecule has 0 atom stereocenters. The fourth-order valence-corrected chi connectivity index (χ4v) is 4.31. The first-order valence-corrected chi connectivity index (χ1v) is 11.1. The number of hydrogen-bond donors (Lipinski definition) is 0. The lowest BCUT2D eigenvalue weighted by molar-refractivity contribution is -0.384. The Kier molecular flexibility index (Phi) is 6.92. The lowest BCUT2D eigenvalue weighted by Crippen LogP contribution is -2.19. The minimum absolute atomic E-state index is 0.00686. The zero-order chi connectivity index (χ0) is 23.2. The number of para-hydroxylation sites is 1. The van der Waals surface area contributed by atoms with Gasteiger partial charge in [-0.2, -0.15) is 4.99 Å². The summed E-state index contributed by atoms with van der Waals surface area (Å²) in [5, 5.41) is 11.1. The predicted octanol–water partition coefficient (Wildman–Crippen LogP) is 5.18. The highest BCUT2D eigenvalue weighted by Gasteiger charge is 2.13. The van der Waals surface area contributed by atoms with Gasteiger partial charge >= 0.3 is 0 Å². The first-order valence-electron chi connectivity index (χ1n) is 10.3. The Hall–Kier alpha value is -3.82. The highest BCUT2D eigenvalue weighted by atomic mass is 32.1. The molecule has 0 unspecified atom stereocenters. The van der Waals surface area contributed by atoms with E-state index < -0.39 is 10.8 Å². The molecule has 0 aliphatic heterocycles. The second-order valence-corrected chi connectivity index (χ2v) is 8.01. The Labute approximate surface area is 193 Å². The molecule has 4 rings (SSSR count). The van der Waals surface area contributed by atoms with Crippen LogP contribution in [0.25, 0.3) is 10.2 Å². The number of fused-ring (bicyclic) bond motifs is 1. The number of rotatable bonds is 8. The molecule has 1 heterocycles. The number of carbonyl (C=O) groups excluding carboxylic acids is 1. The molecule has 9 heteroatoms. The van der Waals surface area contributed by atoms with Gasteiger partial charge in [0.25, 0.3) is 11.6 Å². The summed E-state index contributed by atoms with van der Waals surface area (Å²) in [5.41, 5.74) is 1.17. The number of nitro groups is 1. The van der Waals surface area contributed by atoms with Gasteiger partial charge in [0.1, 0.15) is 11.5 Å². The summed E-state index contributed by atoms with van der Waals surface area (Å²) in [6.45, 7) is 3.38. The number of benzene rings is 3. The van der Waals surface area contributed by atoms with E-state index in [1.54, 1.807) is 30.3 Å². The Morgan fingerprint density at radius 2 is 1.79 bits per heavy atom. The van der Waals surface area contributed by atoms with Gasteiger partial charge in [0, 0.05) is 30.8 Å². The summed E-state index contributed by atoms with van der Waals surface area (Å²) < 4.78 is 13.8. The van der Waals surface area contributed by atoms with E-state index in [2.05, 4.69) is 4.99 Å². The van der Waals surface area contributed by atoms with Gasteiger partial charge in [-0.3, -0.25) is 14.9 Å². The van der Waals surface area contributed by atoms with Gasteiger partial charge in [-0.05, 0) is 49.4 Å². The number of carbonyl (C=O) groups is 1. The third kappa shape index (κ3) is 5.33. The van der Waals surface area contributed by atoms with Crippen LogP contribution in [0.3, 0.4) is 0 Å². The van der Waals surface area contributed by atoms with Crippen molar-refractivity contribution in [2.24, 2.45) is 4.99 Å². The number of nitrogens with zero attached hydrogens (tertiary/aromatic N) is 3. The monoisotopic (exact) mass is 463 g/mol. The molecular weight excluding hydrogens is 442 g/mol. The zero-order valence-electron chi connectivity index (χ0n) is 17.8. The summed E-state index contributed by atoms with van der Waals surface area (Å²) in [5.74, 6) is 0.905. The third-order valence-electron chi connectivity index (χ3n) is 4.82. The van der Waals surface area contributed by atoms with Crippen LogP contribution in [0, 0.1) is 10.1 Å². The van der Waals surface area contributed by atoms with Crippen molar-refractivity contribution in [2.75, 3.05) is 13.2 Å². The maximum absolute atomic E-state index is 12.9. The smallest absolute Gasteiger partial charge is 0.279 e. The number of nitro benzene ring substituents is 1. The maximum Gasteiger partial charge on any atom is 0.279 e. The molecule has 0 aliphatic rings. The molecule has 0 spiro atoms. The van der Waals surface area contributed by atoms with Crippen molar-refractivity contribution in [1.82, 2.24) is 4.57 Å². The standard InChI is InChI=1S/C24H21N3O5S/c1-2-31-15-14-26-21-13-10-18(27(29)30)16-22(21)33-24(26)25-23(28)17-8-11-20(12-9-17)32-19-6-4-3-5-7-19/h3-13,16H,2,14-15H2,1H3. The fourth-order valence-electron chi connectivity index (χ4n) is 3.22. The largest absolute Gasteiger partial charge is 0.457 e. The van der Waals surface area contributed by atoms with E-state index in [4.69, 9.17) is 9.47 Å². The molecule has 0 fully saturated rings. The number of aromatic nitrogens is 1. The van der Waals surface area contributed by atoms with E-state index in [1.807, 2.05) is 41.8 Å². The van der Waals surface area contributed by atoms with Crippen LogP contribution < -0.4 is 9.54 Å². The van der Waals surface area contributed by atoms with Crippen molar-refractivity contribution in [1.29, 1.82) is 0 Å². The number of ether oxygens (including phenoxy) is 2. The third-order valence-corrected chi connectivity index (χ3v) is 5.86. The molecule has 4 aromatic rings. The van der Waals surface area contributed by atoms with Crippen LogP contribution in [0.15, 0.2) is 77.8 Å². The first kappa shape index (κ1) is 22.4. The molecule has 0 aliphatic carbocycles. The minimum atomic E-state index is -0.440. The van der Waals surface area contributed by atoms with Gasteiger partial charge in [-0.15, -0.1) is 0 Å². The maximum atomic E-state index is 12.9. The fraction of sp³-hybridized carbons (Fsp3) is 0.167. The molecule has 0 saturated carbocycles. The summed E-state index contributed by atoms with van der Waals surface area (Å²) in [6.07, 6.45) is 0. The van der Waals surface area contributed by atoms with Crippen molar-refractivity contribution in [3.05, 3.63) is 93.3 Å². The molecule has 33 heavy (non-hydrogen) atoms. The van der Waals surface area contributed by atoms with Crippen LogP contribution >= 0.6 is 11.3 Å². The van der Waals surface area contributed by atoms with Crippen LogP contribution in [-0.2, 0) is 11.3 Å². The molecule has 0 N–H and O–H groups in total. The number of non-ortho nitro benzene ring substituents is 1. The Morgan fingerprint density at radius 3 is 2.48 bits per heavy atom. The Bertz CT molecular complexity index is 1340. The molecule has 0 bridgehead atoms. The van der Waals surface area contributed by atoms with Gasteiger partial charge in [0.2, 0.25) is 0 Å². The van der Waals surface area contributed by atoms with Crippen molar-refractivity contribution in [3.8, 4) is 11.5 Å². The lowest BCUT2D eigenvalue weighted by Gasteiger charge is -2.06. The number of hydrogen-bond acceptors (Lipinski definition) is 6. The number of thiazole rings is 1. The van der Waals surface area contributed by atoms with Crippen LogP contribution in [0.4, 0.5) is 5.69 Å². The summed E-state index contributed by atoms with van der Waals surface area (Å²) >= 11 is 1.23. The van der Waals surface area contributed by atoms with Gasteiger partial charge in [-0.1, -0.05) is 29.5 Å². The second kappa shape index (κ2) is 10.2. The summed E-state index contributed by atoms with van der Waals surface area (Å²) in [7, 11) is 0. The van der Waals surface area contributed by atoms with Crippen molar-refractivity contribution in [3.63, 3.8) is 0 Å². The van der Waals surface area contributed by atoms with E-state index in [0.29, 0.717) is 46.3 Å².